The number of benzene rings is 1. The van der Waals surface area contributed by atoms with Gasteiger partial charge in [-0.3, -0.25) is 0 Å². The van der Waals surface area contributed by atoms with Gasteiger partial charge in [-0.05, 0) is 24.0 Å². The fraction of sp³-hybridized carbons (Fsp3) is 0.538. The molecule has 3 rings (SSSR count). The first-order valence-electron chi connectivity index (χ1n) is 5.92. The molecule has 1 atom stereocenters. The molecule has 1 aliphatic heterocycles. The summed E-state index contributed by atoms with van der Waals surface area (Å²) in [6, 6.07) is 9.17. The van der Waals surface area contributed by atoms with Crippen LogP contribution in [0.2, 0.25) is 0 Å². The second-order valence-electron chi connectivity index (χ2n) is 4.76. The van der Waals surface area contributed by atoms with Gasteiger partial charge in [0.1, 0.15) is 0 Å². The van der Waals surface area contributed by atoms with Crippen molar-refractivity contribution in [2.24, 2.45) is 0 Å². The van der Waals surface area contributed by atoms with E-state index in [9.17, 15) is 5.11 Å². The number of aliphatic hydroxyl groups is 1. The average molecular weight is 219 g/mol. The van der Waals surface area contributed by atoms with Crippen molar-refractivity contribution in [1.82, 2.24) is 5.32 Å². The molecule has 1 saturated carbocycles. The van der Waals surface area contributed by atoms with Crippen molar-refractivity contribution in [2.45, 2.75) is 37.6 Å². The minimum atomic E-state index is -0.0998. The molecule has 86 valence electrons. The molecule has 0 bridgehead atoms. The summed E-state index contributed by atoms with van der Waals surface area (Å²) in [4.78, 5) is 0. The highest BCUT2D eigenvalue weighted by Crippen LogP contribution is 2.28. The van der Waals surface area contributed by atoms with E-state index in [2.05, 4.69) is 29.6 Å². The van der Waals surface area contributed by atoms with Gasteiger partial charge in [-0.25, -0.2) is 0 Å². The third-order valence-corrected chi connectivity index (χ3v) is 3.52. The van der Waals surface area contributed by atoms with Crippen molar-refractivity contribution in [2.75, 3.05) is 6.61 Å². The zero-order chi connectivity index (χ0) is 11.0. The Bertz CT molecular complexity index is 374. The Balaban J connectivity index is 1.72. The number of aliphatic hydroxyl groups excluding tert-OH is 1. The van der Waals surface area contributed by atoms with E-state index in [-0.39, 0.29) is 6.10 Å². The highest BCUT2D eigenvalue weighted by Gasteiger charge is 2.30. The maximum atomic E-state index is 9.27. The fourth-order valence-electron chi connectivity index (χ4n) is 2.53. The van der Waals surface area contributed by atoms with Gasteiger partial charge in [0.2, 0.25) is 0 Å². The number of nitrogens with one attached hydrogen (secondary N) is 1. The van der Waals surface area contributed by atoms with E-state index in [1.54, 1.807) is 0 Å². The third-order valence-electron chi connectivity index (χ3n) is 3.52. The molecule has 1 aromatic rings. The van der Waals surface area contributed by atoms with E-state index in [1.165, 1.54) is 11.1 Å². The first-order valence-corrected chi connectivity index (χ1v) is 5.92. The molecule has 1 aliphatic carbocycles. The molecule has 1 fully saturated rings. The zero-order valence-corrected chi connectivity index (χ0v) is 9.23. The van der Waals surface area contributed by atoms with E-state index in [4.69, 9.17) is 4.74 Å². The number of fused-ring (bicyclic) bond motifs is 1. The minimum absolute atomic E-state index is 0.0998. The highest BCUT2D eigenvalue weighted by atomic mass is 16.5. The van der Waals surface area contributed by atoms with Gasteiger partial charge < -0.3 is 15.2 Å². The topological polar surface area (TPSA) is 41.5 Å². The van der Waals surface area contributed by atoms with Gasteiger partial charge in [0.05, 0.1) is 25.4 Å². The first kappa shape index (κ1) is 10.3. The molecule has 2 aliphatic rings. The lowest BCUT2D eigenvalue weighted by molar-refractivity contribution is 0.0352. The van der Waals surface area contributed by atoms with Gasteiger partial charge in [0, 0.05) is 6.04 Å². The average Bonchev–Trinajstić information content (AvgIpc) is 2.27. The van der Waals surface area contributed by atoms with Crippen LogP contribution in [0.1, 0.15) is 30.0 Å². The Labute approximate surface area is 95.4 Å². The van der Waals surface area contributed by atoms with Crippen LogP contribution < -0.4 is 5.32 Å². The summed E-state index contributed by atoms with van der Waals surface area (Å²) in [7, 11) is 0. The summed E-state index contributed by atoms with van der Waals surface area (Å²) >= 11 is 0. The Morgan fingerprint density at radius 3 is 2.88 bits per heavy atom. The molecular weight excluding hydrogens is 202 g/mol. The van der Waals surface area contributed by atoms with Gasteiger partial charge >= 0.3 is 0 Å². The van der Waals surface area contributed by atoms with Crippen LogP contribution in [0.5, 0.6) is 0 Å². The number of hydrogen-bond donors (Lipinski definition) is 2. The Morgan fingerprint density at radius 1 is 1.25 bits per heavy atom. The van der Waals surface area contributed by atoms with Gasteiger partial charge in [0.25, 0.3) is 0 Å². The lowest BCUT2D eigenvalue weighted by Gasteiger charge is -2.37. The second-order valence-corrected chi connectivity index (χ2v) is 4.76. The number of rotatable bonds is 2. The van der Waals surface area contributed by atoms with Crippen molar-refractivity contribution < 1.29 is 9.84 Å². The first-order chi connectivity index (χ1) is 7.83. The van der Waals surface area contributed by atoms with E-state index in [0.717, 1.165) is 26.1 Å². The van der Waals surface area contributed by atoms with Gasteiger partial charge in [-0.2, -0.15) is 0 Å². The van der Waals surface area contributed by atoms with Crippen molar-refractivity contribution in [3.05, 3.63) is 35.4 Å². The normalized spacial score (nSPS) is 32.9. The van der Waals surface area contributed by atoms with Crippen LogP contribution in [0.25, 0.3) is 0 Å². The molecule has 3 heteroatoms. The van der Waals surface area contributed by atoms with Gasteiger partial charge in [0.15, 0.2) is 0 Å². The van der Waals surface area contributed by atoms with E-state index in [0.29, 0.717) is 12.1 Å². The molecule has 0 amide bonds. The van der Waals surface area contributed by atoms with E-state index < -0.39 is 0 Å². The van der Waals surface area contributed by atoms with Crippen LogP contribution in [0.3, 0.4) is 0 Å². The monoisotopic (exact) mass is 219 g/mol. The fourth-order valence-corrected chi connectivity index (χ4v) is 2.53. The largest absolute Gasteiger partial charge is 0.393 e. The van der Waals surface area contributed by atoms with Crippen molar-refractivity contribution in [3.63, 3.8) is 0 Å². The van der Waals surface area contributed by atoms with Crippen molar-refractivity contribution in [3.8, 4) is 0 Å². The Morgan fingerprint density at radius 2 is 2.06 bits per heavy atom. The van der Waals surface area contributed by atoms with Crippen LogP contribution in [0.15, 0.2) is 24.3 Å². The van der Waals surface area contributed by atoms with Crippen LogP contribution in [-0.4, -0.2) is 23.9 Å². The lowest BCUT2D eigenvalue weighted by atomic mass is 9.87. The lowest BCUT2D eigenvalue weighted by Crippen LogP contribution is -2.47. The standard InChI is InChI=1S/C13H17NO2/c15-11-5-10(6-11)14-13-8-16-7-9-3-1-2-4-12(9)13/h1-4,10-11,13-15H,5-8H2. The third kappa shape index (κ3) is 1.86. The minimum Gasteiger partial charge on any atom is -0.393 e. The van der Waals surface area contributed by atoms with Gasteiger partial charge in [-0.15, -0.1) is 0 Å². The van der Waals surface area contributed by atoms with Gasteiger partial charge in [-0.1, -0.05) is 24.3 Å². The maximum absolute atomic E-state index is 9.27. The molecule has 0 spiro atoms. The molecule has 2 N–H and O–H groups in total. The number of ether oxygens (including phenoxy) is 1. The highest BCUT2D eigenvalue weighted by molar-refractivity contribution is 5.31. The molecule has 0 radical (unpaired) electrons. The molecule has 0 aromatic heterocycles. The molecule has 1 unspecified atom stereocenters. The van der Waals surface area contributed by atoms with E-state index >= 15 is 0 Å². The molecule has 1 aromatic carbocycles. The molecule has 3 nitrogen and oxygen atoms in total. The van der Waals surface area contributed by atoms with Crippen LogP contribution >= 0.6 is 0 Å². The summed E-state index contributed by atoms with van der Waals surface area (Å²) in [5.74, 6) is 0. The summed E-state index contributed by atoms with van der Waals surface area (Å²) in [5.41, 5.74) is 2.64. The summed E-state index contributed by atoms with van der Waals surface area (Å²) in [6.07, 6.45) is 1.65. The molecular formula is C13H17NO2. The van der Waals surface area contributed by atoms with Crippen molar-refractivity contribution >= 4 is 0 Å². The Kier molecular flexibility index (Phi) is 2.67. The van der Waals surface area contributed by atoms with Crippen LogP contribution in [-0.2, 0) is 11.3 Å². The number of hydrogen-bond acceptors (Lipinski definition) is 3. The summed E-state index contributed by atoms with van der Waals surface area (Å²) in [6.45, 7) is 1.46. The molecule has 16 heavy (non-hydrogen) atoms. The summed E-state index contributed by atoms with van der Waals surface area (Å²) in [5, 5.41) is 12.8. The predicted octanol–water partition coefficient (Wildman–Crippen LogP) is 1.37. The van der Waals surface area contributed by atoms with Crippen LogP contribution in [0.4, 0.5) is 0 Å². The van der Waals surface area contributed by atoms with Crippen molar-refractivity contribution in [1.29, 1.82) is 0 Å². The smallest absolute Gasteiger partial charge is 0.0721 e. The predicted molar refractivity (Wildman–Crippen MR) is 61.0 cm³/mol. The van der Waals surface area contributed by atoms with Crippen LogP contribution in [0, 0.1) is 0 Å². The Hall–Kier alpha value is -0.900. The quantitative estimate of drug-likeness (QED) is 0.789. The van der Waals surface area contributed by atoms with E-state index in [1.807, 2.05) is 0 Å². The molecule has 1 heterocycles. The zero-order valence-electron chi connectivity index (χ0n) is 9.23. The summed E-state index contributed by atoms with van der Waals surface area (Å²) < 4.78 is 5.58. The maximum Gasteiger partial charge on any atom is 0.0721 e. The molecule has 0 saturated heterocycles. The SMILES string of the molecule is OC1CC(NC2COCc3ccccc32)C1. The second kappa shape index (κ2) is 4.17.